The number of hydrogen-bond donors (Lipinski definition) is 1. The summed E-state index contributed by atoms with van der Waals surface area (Å²) < 4.78 is 50.4. The largest absolute Gasteiger partial charge is 0.330 e. The number of anilines is 1. The number of halogens is 2. The van der Waals surface area contributed by atoms with E-state index in [-0.39, 0.29) is 0 Å². The van der Waals surface area contributed by atoms with Crippen LogP contribution in [-0.2, 0) is 27.7 Å². The SMILES string of the molecule is CS(=O)(=O)CC(=O)Nc1cc(C(=O)N2Cc3ccccc3C2)c(F)cc1F. The molecule has 0 unspecified atom stereocenters. The average Bonchev–Trinajstić information content (AvgIpc) is 2.99. The van der Waals surface area contributed by atoms with Crippen LogP contribution in [0.3, 0.4) is 0 Å². The van der Waals surface area contributed by atoms with Crippen LogP contribution in [-0.4, -0.2) is 37.1 Å². The van der Waals surface area contributed by atoms with Gasteiger partial charge in [0.25, 0.3) is 5.91 Å². The van der Waals surface area contributed by atoms with Gasteiger partial charge in [-0.1, -0.05) is 24.3 Å². The van der Waals surface area contributed by atoms with Crippen LogP contribution in [0, 0.1) is 11.6 Å². The Morgan fingerprint density at radius 2 is 1.67 bits per heavy atom. The topological polar surface area (TPSA) is 83.5 Å². The van der Waals surface area contributed by atoms with E-state index in [4.69, 9.17) is 0 Å². The highest BCUT2D eigenvalue weighted by molar-refractivity contribution is 7.91. The van der Waals surface area contributed by atoms with Crippen LogP contribution in [0.2, 0.25) is 0 Å². The number of benzene rings is 2. The van der Waals surface area contributed by atoms with Crippen molar-refractivity contribution in [3.05, 3.63) is 64.7 Å². The fourth-order valence-corrected chi connectivity index (χ4v) is 3.43. The van der Waals surface area contributed by atoms with Crippen LogP contribution in [0.15, 0.2) is 36.4 Å². The van der Waals surface area contributed by atoms with Crippen LogP contribution in [0.1, 0.15) is 21.5 Å². The number of rotatable bonds is 4. The molecule has 1 heterocycles. The first-order chi connectivity index (χ1) is 12.6. The number of amides is 2. The van der Waals surface area contributed by atoms with Crippen LogP contribution < -0.4 is 5.32 Å². The van der Waals surface area contributed by atoms with E-state index < -0.39 is 50.3 Å². The Morgan fingerprint density at radius 3 is 2.22 bits per heavy atom. The van der Waals surface area contributed by atoms with Crippen molar-refractivity contribution in [2.75, 3.05) is 17.3 Å². The van der Waals surface area contributed by atoms with Gasteiger partial charge < -0.3 is 10.2 Å². The zero-order valence-corrected chi connectivity index (χ0v) is 15.1. The first-order valence-electron chi connectivity index (χ1n) is 7.97. The summed E-state index contributed by atoms with van der Waals surface area (Å²) in [7, 11) is -3.62. The quantitative estimate of drug-likeness (QED) is 0.861. The molecule has 0 aliphatic carbocycles. The molecular weight excluding hydrogens is 378 g/mol. The van der Waals surface area contributed by atoms with Crippen LogP contribution in [0.5, 0.6) is 0 Å². The smallest absolute Gasteiger partial charge is 0.257 e. The monoisotopic (exact) mass is 394 g/mol. The highest BCUT2D eigenvalue weighted by Crippen LogP contribution is 2.27. The Hall–Kier alpha value is -2.81. The second-order valence-electron chi connectivity index (χ2n) is 6.36. The maximum atomic E-state index is 14.2. The molecule has 0 atom stereocenters. The van der Waals surface area contributed by atoms with E-state index in [0.29, 0.717) is 19.2 Å². The van der Waals surface area contributed by atoms with Crippen LogP contribution >= 0.6 is 0 Å². The Bertz CT molecular complexity index is 1010. The Labute approximate surface area is 154 Å². The zero-order valence-electron chi connectivity index (χ0n) is 14.3. The Balaban J connectivity index is 1.84. The van der Waals surface area contributed by atoms with Gasteiger partial charge in [0.15, 0.2) is 9.84 Å². The van der Waals surface area contributed by atoms with Crippen LogP contribution in [0.4, 0.5) is 14.5 Å². The lowest BCUT2D eigenvalue weighted by Crippen LogP contribution is -2.27. The molecule has 2 aromatic rings. The molecule has 6 nitrogen and oxygen atoms in total. The third-order valence-corrected chi connectivity index (χ3v) is 4.87. The summed E-state index contributed by atoms with van der Waals surface area (Å²) in [6.07, 6.45) is 0.855. The number of carbonyl (C=O) groups is 2. The number of fused-ring (bicyclic) bond motifs is 1. The van der Waals surface area contributed by atoms with E-state index in [1.165, 1.54) is 4.90 Å². The molecule has 9 heteroatoms. The van der Waals surface area contributed by atoms with E-state index in [1.54, 1.807) is 0 Å². The van der Waals surface area contributed by atoms with Crippen LogP contribution in [0.25, 0.3) is 0 Å². The average molecular weight is 394 g/mol. The maximum absolute atomic E-state index is 14.2. The molecule has 27 heavy (non-hydrogen) atoms. The third kappa shape index (κ3) is 4.30. The minimum absolute atomic E-state index is 0.293. The van der Waals surface area contributed by atoms with Gasteiger partial charge in [-0.2, -0.15) is 0 Å². The molecule has 0 fully saturated rings. The van der Waals surface area contributed by atoms with Crippen molar-refractivity contribution >= 4 is 27.3 Å². The van der Waals surface area contributed by atoms with Crippen molar-refractivity contribution in [2.24, 2.45) is 0 Å². The minimum Gasteiger partial charge on any atom is -0.330 e. The van der Waals surface area contributed by atoms with E-state index >= 15 is 0 Å². The molecule has 0 saturated carbocycles. The fourth-order valence-electron chi connectivity index (χ4n) is 2.88. The minimum atomic E-state index is -3.62. The van der Waals surface area contributed by atoms with Gasteiger partial charge in [-0.3, -0.25) is 9.59 Å². The van der Waals surface area contributed by atoms with E-state index in [2.05, 4.69) is 5.32 Å². The second kappa shape index (κ2) is 7.07. The van der Waals surface area contributed by atoms with Crippen molar-refractivity contribution in [1.29, 1.82) is 0 Å². The Kier molecular flexibility index (Phi) is 4.97. The molecule has 142 valence electrons. The zero-order chi connectivity index (χ0) is 19.8. The Morgan fingerprint density at radius 1 is 1.07 bits per heavy atom. The summed E-state index contributed by atoms with van der Waals surface area (Å²) in [6.45, 7) is 0.586. The number of carbonyl (C=O) groups excluding carboxylic acids is 2. The predicted molar refractivity (Wildman–Crippen MR) is 94.7 cm³/mol. The highest BCUT2D eigenvalue weighted by atomic mass is 32.2. The van der Waals surface area contributed by atoms with Gasteiger partial charge in [0.1, 0.15) is 17.4 Å². The number of hydrogen-bond acceptors (Lipinski definition) is 4. The lowest BCUT2D eigenvalue weighted by Gasteiger charge is -2.17. The van der Waals surface area contributed by atoms with Crippen molar-refractivity contribution < 1.29 is 26.8 Å². The van der Waals surface area contributed by atoms with Gasteiger partial charge >= 0.3 is 0 Å². The molecule has 0 aromatic heterocycles. The van der Waals surface area contributed by atoms with Gasteiger partial charge in [0.05, 0.1) is 11.3 Å². The standard InChI is InChI=1S/C18H16F2N2O4S/c1-27(25,26)10-17(23)21-16-6-13(14(19)7-15(16)20)18(24)22-8-11-4-2-3-5-12(11)9-22/h2-7H,8-10H2,1H3,(H,21,23). The maximum Gasteiger partial charge on any atom is 0.257 e. The molecular formula is C18H16F2N2O4S. The first-order valence-corrected chi connectivity index (χ1v) is 10.0. The van der Waals surface area contributed by atoms with Gasteiger partial charge in [0.2, 0.25) is 5.91 Å². The molecule has 1 N–H and O–H groups in total. The van der Waals surface area contributed by atoms with E-state index in [1.807, 2.05) is 24.3 Å². The van der Waals surface area contributed by atoms with Crippen molar-refractivity contribution in [2.45, 2.75) is 13.1 Å². The molecule has 2 amide bonds. The summed E-state index contributed by atoms with van der Waals surface area (Å²) in [5, 5.41) is 2.07. The number of sulfone groups is 1. The molecule has 3 rings (SSSR count). The van der Waals surface area contributed by atoms with Crippen molar-refractivity contribution in [1.82, 2.24) is 4.90 Å². The second-order valence-corrected chi connectivity index (χ2v) is 8.50. The molecule has 1 aliphatic heterocycles. The van der Waals surface area contributed by atoms with Gasteiger partial charge in [-0.05, 0) is 17.2 Å². The van der Waals surface area contributed by atoms with Crippen molar-refractivity contribution in [3.8, 4) is 0 Å². The normalized spacial score (nSPS) is 13.4. The number of nitrogens with zero attached hydrogens (tertiary/aromatic N) is 1. The van der Waals surface area contributed by atoms with Gasteiger partial charge in [-0.25, -0.2) is 17.2 Å². The van der Waals surface area contributed by atoms with Gasteiger partial charge in [0, 0.05) is 25.4 Å². The summed E-state index contributed by atoms with van der Waals surface area (Å²) >= 11 is 0. The predicted octanol–water partition coefficient (Wildman–Crippen LogP) is 2.10. The highest BCUT2D eigenvalue weighted by Gasteiger charge is 2.27. The van der Waals surface area contributed by atoms with E-state index in [0.717, 1.165) is 23.4 Å². The molecule has 0 radical (unpaired) electrons. The van der Waals surface area contributed by atoms with E-state index in [9.17, 15) is 26.8 Å². The summed E-state index contributed by atoms with van der Waals surface area (Å²) in [5.74, 6) is -4.64. The molecule has 0 spiro atoms. The first kappa shape index (κ1) is 19.0. The summed E-state index contributed by atoms with van der Waals surface area (Å²) in [4.78, 5) is 25.8. The molecule has 2 aromatic carbocycles. The lowest BCUT2D eigenvalue weighted by atomic mass is 10.1. The number of nitrogens with one attached hydrogen (secondary N) is 1. The van der Waals surface area contributed by atoms with Gasteiger partial charge in [-0.15, -0.1) is 0 Å². The summed E-state index contributed by atoms with van der Waals surface area (Å²) in [6, 6.07) is 8.77. The molecule has 1 aliphatic rings. The third-order valence-electron chi connectivity index (χ3n) is 4.08. The molecule has 0 saturated heterocycles. The summed E-state index contributed by atoms with van der Waals surface area (Å²) in [5.41, 5.74) is 1.02. The lowest BCUT2D eigenvalue weighted by molar-refractivity contribution is -0.113. The fraction of sp³-hybridized carbons (Fsp3) is 0.222. The van der Waals surface area contributed by atoms with Crippen molar-refractivity contribution in [3.63, 3.8) is 0 Å². The molecule has 0 bridgehead atoms.